The molecule has 2 atom stereocenters. The topological polar surface area (TPSA) is 107 Å². The van der Waals surface area contributed by atoms with Gasteiger partial charge >= 0.3 is 0 Å². The van der Waals surface area contributed by atoms with Crippen molar-refractivity contribution in [1.82, 2.24) is 0 Å². The highest BCUT2D eigenvalue weighted by Gasteiger charge is 2.31. The smallest absolute Gasteiger partial charge is 0.152 e. The highest BCUT2D eigenvalue weighted by atomic mass is 35.5. The van der Waals surface area contributed by atoms with Crippen LogP contribution in [0.2, 0.25) is 5.02 Å². The number of anilines is 1. The van der Waals surface area contributed by atoms with Crippen molar-refractivity contribution in [3.8, 4) is 0 Å². The van der Waals surface area contributed by atoms with Crippen molar-refractivity contribution in [2.24, 2.45) is 4.99 Å². The average Bonchev–Trinajstić information content (AvgIpc) is 2.80. The first-order valence-corrected chi connectivity index (χ1v) is 10.5. The number of aliphatic imine (C=N–C) groups is 1. The van der Waals surface area contributed by atoms with Crippen molar-refractivity contribution >= 4 is 52.0 Å². The molecule has 0 spiro atoms. The minimum atomic E-state index is -1.53. The van der Waals surface area contributed by atoms with E-state index in [1.807, 2.05) is 0 Å². The van der Waals surface area contributed by atoms with E-state index in [1.54, 1.807) is 49.4 Å². The quantitative estimate of drug-likeness (QED) is 0.430. The molecule has 0 aliphatic carbocycles. The Bertz CT molecular complexity index is 1040. The monoisotopic (exact) mass is 430 g/mol. The van der Waals surface area contributed by atoms with E-state index in [-0.39, 0.29) is 18.3 Å². The molecule has 29 heavy (non-hydrogen) atoms. The third-order valence-corrected chi connectivity index (χ3v) is 5.06. The fraction of sp³-hybridized carbons (Fsp3) is 0.200. The molecule has 2 N–H and O–H groups in total. The Hall–Kier alpha value is -2.68. The molecule has 150 valence electrons. The Morgan fingerprint density at radius 2 is 2.00 bits per heavy atom. The molecule has 2 aromatic rings. The molecule has 0 bridgehead atoms. The van der Waals surface area contributed by atoms with Crippen LogP contribution in [0.3, 0.4) is 0 Å². The van der Waals surface area contributed by atoms with Gasteiger partial charge in [-0.15, -0.1) is 0 Å². The molecule has 2 aromatic carbocycles. The van der Waals surface area contributed by atoms with Gasteiger partial charge < -0.3 is 0 Å². The van der Waals surface area contributed by atoms with Crippen LogP contribution in [-0.4, -0.2) is 46.8 Å². The summed E-state index contributed by atoms with van der Waals surface area (Å²) in [4.78, 5) is 17.5. The number of halogens is 1. The van der Waals surface area contributed by atoms with Gasteiger partial charge in [0, 0.05) is 28.0 Å². The number of aldehydes is 1. The Morgan fingerprint density at radius 3 is 2.59 bits per heavy atom. The highest BCUT2D eigenvalue weighted by Crippen LogP contribution is 2.30. The zero-order valence-electron chi connectivity index (χ0n) is 15.8. The number of amidine groups is 2. The van der Waals surface area contributed by atoms with Gasteiger partial charge in [0.25, 0.3) is 0 Å². The van der Waals surface area contributed by atoms with Crippen molar-refractivity contribution in [2.75, 3.05) is 17.8 Å². The van der Waals surface area contributed by atoms with E-state index < -0.39 is 17.1 Å². The molecular weight excluding hydrogens is 412 g/mol. The van der Waals surface area contributed by atoms with Gasteiger partial charge in [0.05, 0.1) is 18.0 Å². The van der Waals surface area contributed by atoms with Crippen molar-refractivity contribution in [3.05, 3.63) is 64.2 Å². The zero-order chi connectivity index (χ0) is 21.1. The summed E-state index contributed by atoms with van der Waals surface area (Å²) < 4.78 is 16.7. The molecule has 0 radical (unpaired) electrons. The summed E-state index contributed by atoms with van der Waals surface area (Å²) in [6.07, 6.45) is 2.13. The van der Waals surface area contributed by atoms with Gasteiger partial charge in [-0.3, -0.25) is 29.7 Å². The first-order valence-electron chi connectivity index (χ1n) is 8.65. The fourth-order valence-corrected chi connectivity index (χ4v) is 3.50. The average molecular weight is 431 g/mol. The third-order valence-electron chi connectivity index (χ3n) is 4.34. The molecule has 3 rings (SSSR count). The molecule has 1 heterocycles. The number of hydrogen-bond donors (Lipinski definition) is 2. The van der Waals surface area contributed by atoms with Crippen LogP contribution in [0.25, 0.3) is 0 Å². The number of carbonyl (C=O) groups is 1. The van der Waals surface area contributed by atoms with Crippen LogP contribution < -0.4 is 4.90 Å². The molecule has 9 heteroatoms. The molecule has 0 saturated heterocycles. The lowest BCUT2D eigenvalue weighted by molar-refractivity contribution is 0.112. The number of fused-ring (bicyclic) bond motifs is 1. The van der Waals surface area contributed by atoms with Crippen molar-refractivity contribution in [3.63, 3.8) is 0 Å². The van der Waals surface area contributed by atoms with Crippen LogP contribution in [0, 0.1) is 10.8 Å². The van der Waals surface area contributed by atoms with Gasteiger partial charge in [0.15, 0.2) is 11.1 Å². The van der Waals surface area contributed by atoms with E-state index in [4.69, 9.17) is 31.6 Å². The number of benzodiazepines with no additional fused rings is 1. The van der Waals surface area contributed by atoms with Crippen molar-refractivity contribution < 1.29 is 13.2 Å². The first-order chi connectivity index (χ1) is 13.8. The minimum Gasteiger partial charge on any atom is -0.298 e. The predicted molar refractivity (Wildman–Crippen MR) is 116 cm³/mol. The zero-order valence-corrected chi connectivity index (χ0v) is 17.4. The maximum absolute atomic E-state index is 11.4. The van der Waals surface area contributed by atoms with Crippen LogP contribution in [-0.2, 0) is 15.3 Å². The molecular formula is C20H19ClN4O3S. The van der Waals surface area contributed by atoms with E-state index in [0.717, 1.165) is 11.8 Å². The summed E-state index contributed by atoms with van der Waals surface area (Å²) in [6, 6.07) is 11.3. The van der Waals surface area contributed by atoms with E-state index in [0.29, 0.717) is 27.5 Å². The van der Waals surface area contributed by atoms with Crippen LogP contribution >= 0.6 is 11.6 Å². The third kappa shape index (κ3) is 4.50. The molecule has 7 nitrogen and oxygen atoms in total. The second-order valence-electron chi connectivity index (χ2n) is 6.39. The lowest BCUT2D eigenvalue weighted by Gasteiger charge is -2.26. The van der Waals surface area contributed by atoms with Gasteiger partial charge in [0.1, 0.15) is 24.0 Å². The summed E-state index contributed by atoms with van der Waals surface area (Å²) in [5, 5.41) is 17.4. The van der Waals surface area contributed by atoms with E-state index >= 15 is 0 Å². The predicted octanol–water partition coefficient (Wildman–Crippen LogP) is 3.46. The second kappa shape index (κ2) is 8.77. The van der Waals surface area contributed by atoms with Gasteiger partial charge in [-0.05, 0) is 37.3 Å². The second-order valence-corrected chi connectivity index (χ2v) is 7.86. The summed E-state index contributed by atoms with van der Waals surface area (Å²) in [5.74, 6) is 0.136. The highest BCUT2D eigenvalue weighted by molar-refractivity contribution is 7.79. The van der Waals surface area contributed by atoms with Gasteiger partial charge in [-0.2, -0.15) is 0 Å². The Labute approximate surface area is 176 Å². The number of nitrogens with zero attached hydrogens (tertiary/aromatic N) is 2. The number of rotatable bonds is 5. The Balaban J connectivity index is 2.26. The molecule has 1 unspecified atom stereocenters. The van der Waals surface area contributed by atoms with Gasteiger partial charge in [0.2, 0.25) is 0 Å². The van der Waals surface area contributed by atoms with E-state index in [2.05, 4.69) is 0 Å². The molecule has 0 aromatic heterocycles. The Kier molecular flexibility index (Phi) is 6.36. The maximum Gasteiger partial charge on any atom is 0.152 e. The summed E-state index contributed by atoms with van der Waals surface area (Å²) >= 11 is 4.50. The normalized spacial score (nSPS) is 17.2. The number of benzene rings is 2. The molecule has 1 aliphatic rings. The Morgan fingerprint density at radius 1 is 1.31 bits per heavy atom. The van der Waals surface area contributed by atoms with Gasteiger partial charge in [-0.25, -0.2) is 4.21 Å². The molecule has 1 aliphatic heterocycles. The van der Waals surface area contributed by atoms with E-state index in [9.17, 15) is 9.00 Å². The van der Waals surface area contributed by atoms with Gasteiger partial charge in [-0.1, -0.05) is 23.7 Å². The number of nitrogens with one attached hydrogen (secondary N) is 2. The van der Waals surface area contributed by atoms with Crippen molar-refractivity contribution in [1.29, 1.82) is 10.8 Å². The minimum absolute atomic E-state index is 0.0204. The molecule has 0 fully saturated rings. The van der Waals surface area contributed by atoms with Crippen molar-refractivity contribution in [2.45, 2.75) is 13.0 Å². The summed E-state index contributed by atoms with van der Waals surface area (Å²) in [5.41, 5.74) is 2.88. The lowest BCUT2D eigenvalue weighted by Crippen LogP contribution is -2.42. The summed E-state index contributed by atoms with van der Waals surface area (Å²) in [7, 11) is 0. The number of carbonyl (C=O) groups excluding carboxylic acids is 1. The molecule has 0 saturated carbocycles. The van der Waals surface area contributed by atoms with Crippen LogP contribution in [0.5, 0.6) is 0 Å². The van der Waals surface area contributed by atoms with Crippen LogP contribution in [0.4, 0.5) is 5.69 Å². The fourth-order valence-electron chi connectivity index (χ4n) is 3.05. The van der Waals surface area contributed by atoms with Crippen LogP contribution in [0.1, 0.15) is 28.4 Å². The standard InChI is InChI=1S/C20H19ClN4O3S/c1-12(22)25-18-8-3-13(10-26)9-16(18)19(14-4-6-15(21)7-5-14)24-17(20(25)23)11-28-29(2)27/h3-10,17,22-23H,11H2,1-2H3/t17-,29?/m0/s1. The summed E-state index contributed by atoms with van der Waals surface area (Å²) in [6.45, 7) is 1.48. The number of hydrogen-bond acceptors (Lipinski definition) is 6. The maximum atomic E-state index is 11.4. The first kappa shape index (κ1) is 21.0. The molecule has 0 amide bonds. The largest absolute Gasteiger partial charge is 0.298 e. The SMILES string of the molecule is CC(=N)N1C(=N)[C@H](COS(C)=O)N=C(c2ccc(Cl)cc2)c2cc(C=O)ccc21. The van der Waals surface area contributed by atoms with Crippen LogP contribution in [0.15, 0.2) is 47.5 Å². The van der Waals surface area contributed by atoms with E-state index in [1.165, 1.54) is 11.2 Å². The lowest BCUT2D eigenvalue weighted by atomic mass is 9.98.